The van der Waals surface area contributed by atoms with Gasteiger partial charge in [-0.15, -0.1) is 12.4 Å². The van der Waals surface area contributed by atoms with Crippen LogP contribution in [0.3, 0.4) is 0 Å². The molecule has 1 aromatic rings. The third-order valence-electron chi connectivity index (χ3n) is 2.04. The maximum Gasteiger partial charge on any atom is 0.416 e. The van der Waals surface area contributed by atoms with Crippen LogP contribution in [0.5, 0.6) is 0 Å². The van der Waals surface area contributed by atoms with Crippen LogP contribution in [0.2, 0.25) is 0 Å². The fourth-order valence-electron chi connectivity index (χ4n) is 1.25. The minimum atomic E-state index is -4.45. The first-order chi connectivity index (χ1) is 7.30. The largest absolute Gasteiger partial charge is 0.481 e. The van der Waals surface area contributed by atoms with E-state index in [1.165, 1.54) is 12.1 Å². The van der Waals surface area contributed by atoms with E-state index in [0.717, 1.165) is 12.1 Å². The van der Waals surface area contributed by atoms with Gasteiger partial charge in [0.05, 0.1) is 12.0 Å². The number of alkyl halides is 3. The Labute approximate surface area is 102 Å². The molecule has 0 heterocycles. The topological polar surface area (TPSA) is 63.3 Å². The van der Waals surface area contributed by atoms with Crippen molar-refractivity contribution in [3.63, 3.8) is 0 Å². The molecule has 0 aliphatic carbocycles. The summed E-state index contributed by atoms with van der Waals surface area (Å²) in [6, 6.07) is 3.44. The Balaban J connectivity index is 0.00000256. The minimum Gasteiger partial charge on any atom is -0.481 e. The van der Waals surface area contributed by atoms with E-state index >= 15 is 0 Å². The lowest BCUT2D eigenvalue weighted by molar-refractivity contribution is -0.138. The summed E-state index contributed by atoms with van der Waals surface area (Å²) in [5.74, 6) is -1.15. The highest BCUT2D eigenvalue weighted by molar-refractivity contribution is 5.85. The number of rotatable bonds is 3. The predicted molar refractivity (Wildman–Crippen MR) is 57.9 cm³/mol. The highest BCUT2D eigenvalue weighted by Crippen LogP contribution is 2.30. The van der Waals surface area contributed by atoms with Gasteiger partial charge in [-0.1, -0.05) is 12.1 Å². The van der Waals surface area contributed by atoms with Gasteiger partial charge in [-0.25, -0.2) is 0 Å². The minimum absolute atomic E-state index is 0. The van der Waals surface area contributed by atoms with Crippen LogP contribution in [0.25, 0.3) is 0 Å². The van der Waals surface area contributed by atoms with Gasteiger partial charge in [0.2, 0.25) is 0 Å². The number of aliphatic carboxylic acids is 1. The summed E-state index contributed by atoms with van der Waals surface area (Å²) in [5.41, 5.74) is 4.80. The molecular weight excluding hydrogens is 259 g/mol. The summed E-state index contributed by atoms with van der Waals surface area (Å²) in [5, 5.41) is 8.47. The van der Waals surface area contributed by atoms with Gasteiger partial charge >= 0.3 is 12.1 Å². The monoisotopic (exact) mass is 269 g/mol. The second-order valence-electron chi connectivity index (χ2n) is 3.33. The van der Waals surface area contributed by atoms with Gasteiger partial charge in [0.1, 0.15) is 0 Å². The summed E-state index contributed by atoms with van der Waals surface area (Å²) in [4.78, 5) is 10.4. The van der Waals surface area contributed by atoms with Crippen LogP contribution in [-0.4, -0.2) is 11.1 Å². The van der Waals surface area contributed by atoms with Crippen LogP contribution < -0.4 is 5.73 Å². The smallest absolute Gasteiger partial charge is 0.416 e. The summed E-state index contributed by atoms with van der Waals surface area (Å²) in [6.07, 6.45) is -4.85. The molecule has 0 aliphatic rings. The molecule has 17 heavy (non-hydrogen) atoms. The molecule has 1 aromatic carbocycles. The average Bonchev–Trinajstić information content (AvgIpc) is 2.15. The molecule has 0 fully saturated rings. The second kappa shape index (κ2) is 5.88. The van der Waals surface area contributed by atoms with Crippen molar-refractivity contribution in [1.29, 1.82) is 0 Å². The van der Waals surface area contributed by atoms with Gasteiger partial charge in [0.15, 0.2) is 0 Å². The molecule has 0 bridgehead atoms. The number of carboxylic acids is 1. The number of hydrogen-bond acceptors (Lipinski definition) is 2. The fourth-order valence-corrected chi connectivity index (χ4v) is 1.25. The fraction of sp³-hybridized carbons (Fsp3) is 0.300. The average molecular weight is 270 g/mol. The first-order valence-electron chi connectivity index (χ1n) is 4.45. The molecule has 1 unspecified atom stereocenters. The molecule has 3 nitrogen and oxygen atoms in total. The van der Waals surface area contributed by atoms with E-state index in [4.69, 9.17) is 10.8 Å². The van der Waals surface area contributed by atoms with Crippen LogP contribution in [0, 0.1) is 0 Å². The van der Waals surface area contributed by atoms with Gasteiger partial charge in [-0.3, -0.25) is 4.79 Å². The van der Waals surface area contributed by atoms with E-state index in [2.05, 4.69) is 0 Å². The Kier molecular flexibility index (Phi) is 5.44. The molecule has 0 saturated heterocycles. The molecular formula is C10H11ClF3NO2. The lowest BCUT2D eigenvalue weighted by Gasteiger charge is -2.12. The van der Waals surface area contributed by atoms with Gasteiger partial charge in [0, 0.05) is 6.04 Å². The van der Waals surface area contributed by atoms with Gasteiger partial charge in [-0.2, -0.15) is 13.2 Å². The molecule has 7 heteroatoms. The quantitative estimate of drug-likeness (QED) is 0.886. The summed E-state index contributed by atoms with van der Waals surface area (Å²) < 4.78 is 37.0. The van der Waals surface area contributed by atoms with Gasteiger partial charge < -0.3 is 10.8 Å². The Morgan fingerprint density at radius 2 is 2.00 bits per heavy atom. The standard InChI is InChI=1S/C10H10F3NO2.ClH/c11-10(12,13)7-3-1-2-6(4-7)8(14)5-9(15)16;/h1-4,8H,5,14H2,(H,15,16);1H. The molecule has 1 atom stereocenters. The van der Waals surface area contributed by atoms with Crippen molar-refractivity contribution in [3.8, 4) is 0 Å². The summed E-state index contributed by atoms with van der Waals surface area (Å²) in [6.45, 7) is 0. The van der Waals surface area contributed by atoms with Crippen molar-refractivity contribution in [2.45, 2.75) is 18.6 Å². The van der Waals surface area contributed by atoms with E-state index in [0.29, 0.717) is 0 Å². The summed E-state index contributed by atoms with van der Waals surface area (Å²) in [7, 11) is 0. The highest BCUT2D eigenvalue weighted by atomic mass is 35.5. The van der Waals surface area contributed by atoms with Crippen molar-refractivity contribution < 1.29 is 23.1 Å². The number of carboxylic acid groups (broad SMARTS) is 1. The lowest BCUT2D eigenvalue weighted by atomic mass is 10.0. The van der Waals surface area contributed by atoms with Crippen molar-refractivity contribution in [2.75, 3.05) is 0 Å². The van der Waals surface area contributed by atoms with E-state index in [9.17, 15) is 18.0 Å². The zero-order chi connectivity index (χ0) is 12.3. The van der Waals surface area contributed by atoms with Crippen molar-refractivity contribution >= 4 is 18.4 Å². The maximum absolute atomic E-state index is 12.3. The number of hydrogen-bond donors (Lipinski definition) is 2. The maximum atomic E-state index is 12.3. The van der Waals surface area contributed by atoms with Crippen LogP contribution in [-0.2, 0) is 11.0 Å². The normalized spacial score (nSPS) is 12.7. The Morgan fingerprint density at radius 1 is 1.41 bits per heavy atom. The van der Waals surface area contributed by atoms with Crippen molar-refractivity contribution in [2.24, 2.45) is 5.73 Å². The lowest BCUT2D eigenvalue weighted by Crippen LogP contribution is -2.16. The van der Waals surface area contributed by atoms with Crippen LogP contribution in [0.4, 0.5) is 13.2 Å². The molecule has 0 amide bonds. The first kappa shape index (κ1) is 15.7. The van der Waals surface area contributed by atoms with E-state index in [1.54, 1.807) is 0 Å². The SMILES string of the molecule is Cl.NC(CC(=O)O)c1cccc(C(F)(F)F)c1. The Morgan fingerprint density at radius 3 is 2.47 bits per heavy atom. The number of nitrogens with two attached hydrogens (primary N) is 1. The zero-order valence-electron chi connectivity index (χ0n) is 8.57. The molecule has 0 saturated carbocycles. The molecule has 0 aliphatic heterocycles. The molecule has 96 valence electrons. The number of halogens is 4. The van der Waals surface area contributed by atoms with Crippen LogP contribution in [0.15, 0.2) is 24.3 Å². The Hall–Kier alpha value is -1.27. The molecule has 0 radical (unpaired) electrons. The number of benzene rings is 1. The van der Waals surface area contributed by atoms with Crippen LogP contribution in [0.1, 0.15) is 23.6 Å². The van der Waals surface area contributed by atoms with E-state index in [-0.39, 0.29) is 18.0 Å². The third-order valence-corrected chi connectivity index (χ3v) is 2.04. The van der Waals surface area contributed by atoms with Crippen LogP contribution >= 0.6 is 12.4 Å². The third kappa shape index (κ3) is 4.62. The number of carbonyl (C=O) groups is 1. The van der Waals surface area contributed by atoms with Crippen molar-refractivity contribution in [3.05, 3.63) is 35.4 Å². The van der Waals surface area contributed by atoms with Crippen molar-refractivity contribution in [1.82, 2.24) is 0 Å². The molecule has 0 aromatic heterocycles. The zero-order valence-corrected chi connectivity index (χ0v) is 9.39. The second-order valence-corrected chi connectivity index (χ2v) is 3.33. The first-order valence-corrected chi connectivity index (χ1v) is 4.45. The Bertz CT molecular complexity index is 395. The van der Waals surface area contributed by atoms with Gasteiger partial charge in [0.25, 0.3) is 0 Å². The van der Waals surface area contributed by atoms with E-state index in [1.807, 2.05) is 0 Å². The van der Waals surface area contributed by atoms with Gasteiger partial charge in [-0.05, 0) is 17.7 Å². The predicted octanol–water partition coefficient (Wildman–Crippen LogP) is 2.60. The van der Waals surface area contributed by atoms with E-state index < -0.39 is 30.2 Å². The molecule has 0 spiro atoms. The summed E-state index contributed by atoms with van der Waals surface area (Å²) >= 11 is 0. The highest BCUT2D eigenvalue weighted by Gasteiger charge is 2.30. The molecule has 3 N–H and O–H groups in total. The molecule has 1 rings (SSSR count).